The molecule has 1 unspecified atom stereocenters. The fraction of sp³-hybridized carbons (Fsp3) is 0.250. The number of methoxy groups -OCH3 is 1. The van der Waals surface area contributed by atoms with Gasteiger partial charge in [-0.15, -0.1) is 0 Å². The largest absolute Gasteiger partial charge is 0.493 e. The predicted octanol–water partition coefficient (Wildman–Crippen LogP) is 6.02. The molecule has 1 amide bonds. The Kier molecular flexibility index (Phi) is 7.15. The molecule has 10 heteroatoms. The summed E-state index contributed by atoms with van der Waals surface area (Å²) in [7, 11) is 1.57. The van der Waals surface area contributed by atoms with Crippen LogP contribution in [0.5, 0.6) is 11.5 Å². The molecule has 1 atom stereocenters. The molecule has 2 heterocycles. The van der Waals surface area contributed by atoms with Crippen LogP contribution in [0.15, 0.2) is 67.0 Å². The van der Waals surface area contributed by atoms with Crippen molar-refractivity contribution in [1.82, 2.24) is 9.97 Å². The first-order valence-electron chi connectivity index (χ1n) is 12.0. The molecular weight excluding hydrogens is 499 g/mol. The first-order valence-corrected chi connectivity index (χ1v) is 12.0. The number of hydrogen-bond donors (Lipinski definition) is 1. The van der Waals surface area contributed by atoms with Crippen LogP contribution in [0.1, 0.15) is 24.0 Å². The van der Waals surface area contributed by atoms with Crippen LogP contribution in [0.2, 0.25) is 0 Å². The number of carbonyl (C=O) groups excluding carboxylic acids is 1. The molecule has 5 rings (SSSR count). The first-order chi connectivity index (χ1) is 18.3. The molecule has 0 spiro atoms. The number of rotatable bonds is 7. The average Bonchev–Trinajstić information content (AvgIpc) is 3.41. The van der Waals surface area contributed by atoms with Gasteiger partial charge in [0.1, 0.15) is 6.33 Å². The molecule has 3 aromatic carbocycles. The lowest BCUT2D eigenvalue weighted by molar-refractivity contribution is -0.137. The van der Waals surface area contributed by atoms with Gasteiger partial charge in [-0.2, -0.15) is 13.2 Å². The minimum Gasteiger partial charge on any atom is -0.493 e. The van der Waals surface area contributed by atoms with E-state index in [9.17, 15) is 18.0 Å². The molecule has 0 radical (unpaired) electrons. The van der Waals surface area contributed by atoms with Crippen LogP contribution in [0.4, 0.5) is 18.9 Å². The molecule has 0 bridgehead atoms. The molecule has 0 aliphatic carbocycles. The maximum absolute atomic E-state index is 12.7. The van der Waals surface area contributed by atoms with Gasteiger partial charge in [-0.25, -0.2) is 9.97 Å². The Bertz CT molecular complexity index is 1440. The monoisotopic (exact) mass is 523 g/mol. The number of halogens is 3. The van der Waals surface area contributed by atoms with E-state index in [1.54, 1.807) is 25.3 Å². The smallest absolute Gasteiger partial charge is 0.416 e. The van der Waals surface area contributed by atoms with Crippen molar-refractivity contribution in [1.29, 1.82) is 0 Å². The van der Waals surface area contributed by atoms with Crippen molar-refractivity contribution in [2.75, 3.05) is 19.0 Å². The Morgan fingerprint density at radius 3 is 2.47 bits per heavy atom. The van der Waals surface area contributed by atoms with E-state index in [2.05, 4.69) is 15.3 Å². The molecule has 196 valence electrons. The van der Waals surface area contributed by atoms with Gasteiger partial charge in [0, 0.05) is 29.1 Å². The van der Waals surface area contributed by atoms with Crippen molar-refractivity contribution >= 4 is 22.5 Å². The first kappa shape index (κ1) is 25.5. The van der Waals surface area contributed by atoms with E-state index in [4.69, 9.17) is 14.2 Å². The number of fused-ring (bicyclic) bond motifs is 1. The maximum atomic E-state index is 12.7. The number of carbonyl (C=O) groups is 1. The van der Waals surface area contributed by atoms with Crippen LogP contribution in [0.25, 0.3) is 22.2 Å². The number of aromatic nitrogens is 2. The van der Waals surface area contributed by atoms with Crippen LogP contribution < -0.4 is 14.8 Å². The summed E-state index contributed by atoms with van der Waals surface area (Å²) >= 11 is 0. The molecule has 1 aromatic heterocycles. The zero-order chi connectivity index (χ0) is 26.7. The Balaban J connectivity index is 1.32. The summed E-state index contributed by atoms with van der Waals surface area (Å²) in [6, 6.07) is 15.3. The summed E-state index contributed by atoms with van der Waals surface area (Å²) in [4.78, 5) is 21.3. The van der Waals surface area contributed by atoms with Crippen LogP contribution in [0, 0.1) is 0 Å². The summed E-state index contributed by atoms with van der Waals surface area (Å²) in [6.07, 6.45) is -1.60. The van der Waals surface area contributed by atoms with E-state index in [1.165, 1.54) is 18.5 Å². The molecule has 7 nitrogen and oxygen atoms in total. The van der Waals surface area contributed by atoms with E-state index in [0.717, 1.165) is 35.9 Å². The standard InChI is InChI=1S/C28H24F3N3O4/c1-36-23-15-22-21(14-24(23)38-26-3-2-12-37-26)27(33-16-32-22)18-6-10-20(11-7-18)34-25(35)13-17-4-8-19(9-5-17)28(29,30)31/h4-11,14-16,26H,2-3,12-13H2,1H3,(H,34,35). The lowest BCUT2D eigenvalue weighted by atomic mass is 10.1. The highest BCUT2D eigenvalue weighted by Gasteiger charge is 2.30. The second-order valence-electron chi connectivity index (χ2n) is 8.80. The lowest BCUT2D eigenvalue weighted by Gasteiger charge is -2.17. The minimum atomic E-state index is -4.41. The molecule has 1 aliphatic rings. The van der Waals surface area contributed by atoms with Crippen molar-refractivity contribution in [3.05, 3.63) is 78.1 Å². The van der Waals surface area contributed by atoms with Gasteiger partial charge in [0.05, 0.1) is 36.9 Å². The lowest BCUT2D eigenvalue weighted by Crippen LogP contribution is -2.14. The number of hydrogen-bond acceptors (Lipinski definition) is 6. The van der Waals surface area contributed by atoms with Crippen molar-refractivity contribution < 1.29 is 32.2 Å². The maximum Gasteiger partial charge on any atom is 0.416 e. The zero-order valence-corrected chi connectivity index (χ0v) is 20.4. The van der Waals surface area contributed by atoms with E-state index in [-0.39, 0.29) is 18.6 Å². The Morgan fingerprint density at radius 1 is 1.05 bits per heavy atom. The average molecular weight is 524 g/mol. The fourth-order valence-corrected chi connectivity index (χ4v) is 4.24. The normalized spacial score (nSPS) is 15.4. The molecule has 0 saturated carbocycles. The quantitative estimate of drug-likeness (QED) is 0.319. The van der Waals surface area contributed by atoms with E-state index >= 15 is 0 Å². The van der Waals surface area contributed by atoms with Crippen LogP contribution in [-0.4, -0.2) is 35.9 Å². The summed E-state index contributed by atoms with van der Waals surface area (Å²) in [5, 5.41) is 3.54. The van der Waals surface area contributed by atoms with Crippen LogP contribution >= 0.6 is 0 Å². The topological polar surface area (TPSA) is 82.6 Å². The molecule has 4 aromatic rings. The van der Waals surface area contributed by atoms with E-state index in [0.29, 0.717) is 40.6 Å². The molecular formula is C28H24F3N3O4. The van der Waals surface area contributed by atoms with E-state index in [1.807, 2.05) is 18.2 Å². The number of anilines is 1. The second kappa shape index (κ2) is 10.7. The minimum absolute atomic E-state index is 0.0498. The van der Waals surface area contributed by atoms with Gasteiger partial charge in [0.2, 0.25) is 5.91 Å². The zero-order valence-electron chi connectivity index (χ0n) is 20.4. The number of nitrogens with zero attached hydrogens (tertiary/aromatic N) is 2. The molecule has 1 aliphatic heterocycles. The number of nitrogens with one attached hydrogen (secondary N) is 1. The highest BCUT2D eigenvalue weighted by molar-refractivity contribution is 5.95. The highest BCUT2D eigenvalue weighted by Crippen LogP contribution is 2.37. The highest BCUT2D eigenvalue weighted by atomic mass is 19.4. The van der Waals surface area contributed by atoms with Crippen molar-refractivity contribution in [2.24, 2.45) is 0 Å². The van der Waals surface area contributed by atoms with Gasteiger partial charge in [-0.3, -0.25) is 4.79 Å². The molecule has 1 saturated heterocycles. The number of alkyl halides is 3. The number of benzene rings is 3. The Morgan fingerprint density at radius 2 is 1.82 bits per heavy atom. The molecule has 1 N–H and O–H groups in total. The summed E-state index contributed by atoms with van der Waals surface area (Å²) < 4.78 is 55.3. The summed E-state index contributed by atoms with van der Waals surface area (Å²) in [5.41, 5.74) is 2.44. The van der Waals surface area contributed by atoms with Gasteiger partial charge < -0.3 is 19.5 Å². The predicted molar refractivity (Wildman–Crippen MR) is 135 cm³/mol. The third-order valence-electron chi connectivity index (χ3n) is 6.16. The van der Waals surface area contributed by atoms with Gasteiger partial charge in [-0.05, 0) is 42.3 Å². The van der Waals surface area contributed by atoms with Crippen LogP contribution in [0.3, 0.4) is 0 Å². The summed E-state index contributed by atoms with van der Waals surface area (Å²) in [5.74, 6) is 0.742. The second-order valence-corrected chi connectivity index (χ2v) is 8.80. The fourth-order valence-electron chi connectivity index (χ4n) is 4.24. The van der Waals surface area contributed by atoms with Gasteiger partial charge in [-0.1, -0.05) is 24.3 Å². The van der Waals surface area contributed by atoms with Gasteiger partial charge in [0.15, 0.2) is 17.8 Å². The van der Waals surface area contributed by atoms with E-state index < -0.39 is 11.7 Å². The number of amides is 1. The van der Waals surface area contributed by atoms with Crippen molar-refractivity contribution in [2.45, 2.75) is 31.7 Å². The Hall–Kier alpha value is -4.18. The van der Waals surface area contributed by atoms with Crippen molar-refractivity contribution in [3.63, 3.8) is 0 Å². The van der Waals surface area contributed by atoms with Crippen LogP contribution in [-0.2, 0) is 22.1 Å². The van der Waals surface area contributed by atoms with Gasteiger partial charge >= 0.3 is 6.18 Å². The Labute approximate surface area is 216 Å². The third kappa shape index (κ3) is 5.70. The number of ether oxygens (including phenoxy) is 3. The summed E-state index contributed by atoms with van der Waals surface area (Å²) in [6.45, 7) is 0.655. The molecule has 38 heavy (non-hydrogen) atoms. The SMILES string of the molecule is COc1cc2ncnc(-c3ccc(NC(=O)Cc4ccc(C(F)(F)F)cc4)cc3)c2cc1OC1CCCO1. The third-order valence-corrected chi connectivity index (χ3v) is 6.16. The molecule has 1 fully saturated rings. The van der Waals surface area contributed by atoms with Crippen molar-refractivity contribution in [3.8, 4) is 22.8 Å². The van der Waals surface area contributed by atoms with Gasteiger partial charge in [0.25, 0.3) is 0 Å².